The molecular formula is C7H9N2O. The minimum absolute atomic E-state index is 0.0341. The zero-order valence-electron chi connectivity index (χ0n) is 6.05. The van der Waals surface area contributed by atoms with Gasteiger partial charge in [-0.25, -0.2) is 4.98 Å². The maximum Gasteiger partial charge on any atom is 0.217 e. The number of aromatic hydroxyl groups is 1. The van der Waals surface area contributed by atoms with Gasteiger partial charge in [0, 0.05) is 5.56 Å². The molecular weight excluding hydrogens is 128 g/mol. The van der Waals surface area contributed by atoms with Crippen LogP contribution in [0.3, 0.4) is 0 Å². The lowest BCUT2D eigenvalue weighted by atomic mass is 10.2. The van der Waals surface area contributed by atoms with E-state index in [1.807, 2.05) is 6.92 Å². The Hall–Kier alpha value is -1.12. The van der Waals surface area contributed by atoms with Crippen LogP contribution in [0.1, 0.15) is 18.2 Å². The van der Waals surface area contributed by atoms with Gasteiger partial charge in [0.2, 0.25) is 12.2 Å². The van der Waals surface area contributed by atoms with Crippen LogP contribution in [0.2, 0.25) is 0 Å². The molecule has 1 radical (unpaired) electrons. The van der Waals surface area contributed by atoms with Crippen molar-refractivity contribution in [2.75, 3.05) is 0 Å². The van der Waals surface area contributed by atoms with Gasteiger partial charge in [-0.2, -0.15) is 4.98 Å². The van der Waals surface area contributed by atoms with Crippen molar-refractivity contribution in [2.45, 2.75) is 20.3 Å². The minimum atomic E-state index is 0.0341. The molecule has 0 unspecified atom stereocenters. The second kappa shape index (κ2) is 2.64. The summed E-state index contributed by atoms with van der Waals surface area (Å²) in [6.07, 6.45) is 3.18. The molecule has 0 aliphatic rings. The van der Waals surface area contributed by atoms with Gasteiger partial charge in [0.25, 0.3) is 0 Å². The molecule has 0 atom stereocenters. The molecule has 0 saturated heterocycles. The van der Waals surface area contributed by atoms with E-state index < -0.39 is 0 Å². The van der Waals surface area contributed by atoms with Crippen LogP contribution in [0.15, 0.2) is 0 Å². The van der Waals surface area contributed by atoms with E-state index in [0.717, 1.165) is 17.7 Å². The van der Waals surface area contributed by atoms with Crippen LogP contribution in [0.5, 0.6) is 5.88 Å². The summed E-state index contributed by atoms with van der Waals surface area (Å²) in [5, 5.41) is 9.05. The van der Waals surface area contributed by atoms with Gasteiger partial charge in [0.05, 0.1) is 5.69 Å². The second-order valence-electron chi connectivity index (χ2n) is 2.07. The molecule has 0 aliphatic heterocycles. The van der Waals surface area contributed by atoms with Gasteiger partial charge >= 0.3 is 0 Å². The first-order valence-electron chi connectivity index (χ1n) is 3.18. The van der Waals surface area contributed by atoms with E-state index in [-0.39, 0.29) is 5.88 Å². The Morgan fingerprint density at radius 3 is 2.70 bits per heavy atom. The summed E-state index contributed by atoms with van der Waals surface area (Å²) in [6.45, 7) is 3.77. The Bertz CT molecular complexity index is 235. The Labute approximate surface area is 59.8 Å². The van der Waals surface area contributed by atoms with Crippen LogP contribution in [0.4, 0.5) is 0 Å². The van der Waals surface area contributed by atoms with Crippen LogP contribution < -0.4 is 0 Å². The molecule has 0 amide bonds. The van der Waals surface area contributed by atoms with Crippen LogP contribution in [-0.2, 0) is 6.42 Å². The van der Waals surface area contributed by atoms with Crippen molar-refractivity contribution in [3.63, 3.8) is 0 Å². The molecule has 10 heavy (non-hydrogen) atoms. The average molecular weight is 137 g/mol. The van der Waals surface area contributed by atoms with E-state index in [4.69, 9.17) is 5.11 Å². The SMILES string of the molecule is CCc1n[c]nc(O)c1C. The van der Waals surface area contributed by atoms with Crippen molar-refractivity contribution >= 4 is 0 Å². The summed E-state index contributed by atoms with van der Waals surface area (Å²) >= 11 is 0. The van der Waals surface area contributed by atoms with Crippen molar-refractivity contribution in [2.24, 2.45) is 0 Å². The maximum absolute atomic E-state index is 9.05. The third-order valence-corrected chi connectivity index (χ3v) is 1.44. The predicted molar refractivity (Wildman–Crippen MR) is 36.6 cm³/mol. The summed E-state index contributed by atoms with van der Waals surface area (Å²) in [5.74, 6) is 0.0341. The summed E-state index contributed by atoms with van der Waals surface area (Å²) in [7, 11) is 0. The van der Waals surface area contributed by atoms with Crippen LogP contribution in [0.25, 0.3) is 0 Å². The zero-order chi connectivity index (χ0) is 7.56. The van der Waals surface area contributed by atoms with E-state index in [1.165, 1.54) is 0 Å². The number of rotatable bonds is 1. The molecule has 3 nitrogen and oxygen atoms in total. The van der Waals surface area contributed by atoms with Crippen molar-refractivity contribution in [1.29, 1.82) is 0 Å². The minimum Gasteiger partial charge on any atom is -0.493 e. The Morgan fingerprint density at radius 2 is 2.20 bits per heavy atom. The number of aryl methyl sites for hydroxylation is 1. The summed E-state index contributed by atoms with van der Waals surface area (Å²) < 4.78 is 0. The van der Waals surface area contributed by atoms with Gasteiger partial charge in [-0.1, -0.05) is 6.92 Å². The summed E-state index contributed by atoms with van der Waals surface area (Å²) in [4.78, 5) is 7.37. The standard InChI is InChI=1S/C7H9N2O/c1-3-6-5(2)7(10)9-4-8-6/h3H2,1-2H3,(H,8,9,10). The van der Waals surface area contributed by atoms with E-state index in [1.54, 1.807) is 6.92 Å². The first-order chi connectivity index (χ1) is 4.75. The first kappa shape index (κ1) is 6.99. The lowest BCUT2D eigenvalue weighted by Gasteiger charge is -1.99. The first-order valence-corrected chi connectivity index (χ1v) is 3.18. The maximum atomic E-state index is 9.05. The van der Waals surface area contributed by atoms with Crippen LogP contribution in [0, 0.1) is 13.3 Å². The highest BCUT2D eigenvalue weighted by Crippen LogP contribution is 2.13. The molecule has 1 heterocycles. The number of nitrogens with zero attached hydrogens (tertiary/aromatic N) is 2. The van der Waals surface area contributed by atoms with Gasteiger partial charge < -0.3 is 5.11 Å². The molecule has 0 saturated carbocycles. The zero-order valence-corrected chi connectivity index (χ0v) is 6.05. The van der Waals surface area contributed by atoms with Gasteiger partial charge in [-0.15, -0.1) is 0 Å². The highest BCUT2D eigenvalue weighted by molar-refractivity contribution is 5.26. The number of aromatic nitrogens is 2. The van der Waals surface area contributed by atoms with E-state index in [2.05, 4.69) is 16.3 Å². The topological polar surface area (TPSA) is 46.0 Å². The lowest BCUT2D eigenvalue weighted by Crippen LogP contribution is -1.93. The highest BCUT2D eigenvalue weighted by atomic mass is 16.3. The molecule has 0 bridgehead atoms. The average Bonchev–Trinajstić information content (AvgIpc) is 1.95. The Morgan fingerprint density at radius 1 is 1.50 bits per heavy atom. The van der Waals surface area contributed by atoms with Crippen LogP contribution >= 0.6 is 0 Å². The molecule has 1 N–H and O–H groups in total. The van der Waals surface area contributed by atoms with E-state index >= 15 is 0 Å². The molecule has 0 aromatic carbocycles. The van der Waals surface area contributed by atoms with Crippen molar-refractivity contribution in [3.05, 3.63) is 17.6 Å². The third kappa shape index (κ3) is 1.07. The number of hydrogen-bond donors (Lipinski definition) is 1. The van der Waals surface area contributed by atoms with E-state index in [9.17, 15) is 0 Å². The third-order valence-electron chi connectivity index (χ3n) is 1.44. The largest absolute Gasteiger partial charge is 0.493 e. The molecule has 0 fully saturated rings. The van der Waals surface area contributed by atoms with Crippen molar-refractivity contribution in [1.82, 2.24) is 9.97 Å². The normalized spacial score (nSPS) is 9.80. The fourth-order valence-electron chi connectivity index (χ4n) is 0.774. The fourth-order valence-corrected chi connectivity index (χ4v) is 0.774. The monoisotopic (exact) mass is 137 g/mol. The Kier molecular flexibility index (Phi) is 1.85. The summed E-state index contributed by atoms with van der Waals surface area (Å²) in [6, 6.07) is 0. The van der Waals surface area contributed by atoms with Crippen molar-refractivity contribution in [3.8, 4) is 5.88 Å². The smallest absolute Gasteiger partial charge is 0.217 e. The molecule has 3 heteroatoms. The Balaban J connectivity index is 3.14. The highest BCUT2D eigenvalue weighted by Gasteiger charge is 2.01. The molecule has 1 aromatic heterocycles. The molecule has 0 spiro atoms. The lowest BCUT2D eigenvalue weighted by molar-refractivity contribution is 0.445. The quantitative estimate of drug-likeness (QED) is 0.624. The fraction of sp³-hybridized carbons (Fsp3) is 0.429. The molecule has 53 valence electrons. The molecule has 0 aliphatic carbocycles. The van der Waals surface area contributed by atoms with Crippen molar-refractivity contribution < 1.29 is 5.11 Å². The van der Waals surface area contributed by atoms with Gasteiger partial charge in [-0.05, 0) is 13.3 Å². The second-order valence-corrected chi connectivity index (χ2v) is 2.07. The van der Waals surface area contributed by atoms with Gasteiger partial charge in [0.1, 0.15) is 0 Å². The van der Waals surface area contributed by atoms with Crippen LogP contribution in [-0.4, -0.2) is 15.1 Å². The number of hydrogen-bond acceptors (Lipinski definition) is 3. The summed E-state index contributed by atoms with van der Waals surface area (Å²) in [5.41, 5.74) is 1.61. The van der Waals surface area contributed by atoms with Gasteiger partial charge in [0.15, 0.2) is 0 Å². The molecule has 1 aromatic rings. The molecule has 1 rings (SSSR count). The van der Waals surface area contributed by atoms with E-state index in [0.29, 0.717) is 0 Å². The van der Waals surface area contributed by atoms with Gasteiger partial charge in [-0.3, -0.25) is 0 Å². The predicted octanol–water partition coefficient (Wildman–Crippen LogP) is 0.853.